The average Bonchev–Trinajstić information content (AvgIpc) is 3.11. The summed E-state index contributed by atoms with van der Waals surface area (Å²) in [6.07, 6.45) is 0.280. The number of methoxy groups -OCH3 is 1. The summed E-state index contributed by atoms with van der Waals surface area (Å²) in [5.41, 5.74) is 1.61. The van der Waals surface area contributed by atoms with Crippen molar-refractivity contribution in [2.75, 3.05) is 57.9 Å². The zero-order chi connectivity index (χ0) is 22.4. The lowest BCUT2D eigenvalue weighted by Gasteiger charge is -2.36. The molecule has 1 aliphatic rings. The topological polar surface area (TPSA) is 66.2 Å². The maximum atomic E-state index is 13.0. The first-order valence-electron chi connectivity index (χ1n) is 10.5. The second kappa shape index (κ2) is 10.7. The van der Waals surface area contributed by atoms with E-state index in [-0.39, 0.29) is 18.2 Å². The first kappa shape index (κ1) is 23.2. The molecule has 2 amide bonds. The number of ether oxygens (including phenoxy) is 1. The first-order valence-corrected chi connectivity index (χ1v) is 10.9. The van der Waals surface area contributed by atoms with Crippen LogP contribution in [0, 0.1) is 13.8 Å². The standard InChI is InChI=1S/C23H30ClN3O4/c1-17-15-21(18(2)31-17)23(29)27(13-14-30-3)8-7-22(28)26-11-9-25(10-12-26)20-6-4-5-19(24)16-20/h4-6,15-16H,7-14H2,1-3H3. The van der Waals surface area contributed by atoms with Crippen LogP contribution in [0.1, 0.15) is 28.3 Å². The molecule has 0 saturated carbocycles. The Kier molecular flexibility index (Phi) is 7.98. The second-order valence-corrected chi connectivity index (χ2v) is 8.15. The lowest BCUT2D eigenvalue weighted by atomic mass is 10.2. The molecule has 8 heteroatoms. The van der Waals surface area contributed by atoms with E-state index in [1.807, 2.05) is 36.1 Å². The summed E-state index contributed by atoms with van der Waals surface area (Å²) < 4.78 is 10.6. The SMILES string of the molecule is COCCN(CCC(=O)N1CCN(c2cccc(Cl)c2)CC1)C(=O)c1cc(C)oc1C. The number of nitrogens with zero attached hydrogens (tertiary/aromatic N) is 3. The van der Waals surface area contributed by atoms with Gasteiger partial charge in [-0.15, -0.1) is 0 Å². The number of aryl methyl sites for hydroxylation is 2. The summed E-state index contributed by atoms with van der Waals surface area (Å²) in [4.78, 5) is 31.5. The van der Waals surface area contributed by atoms with Crippen molar-refractivity contribution in [3.05, 3.63) is 52.4 Å². The predicted octanol–water partition coefficient (Wildman–Crippen LogP) is 3.38. The molecule has 1 aliphatic heterocycles. The van der Waals surface area contributed by atoms with E-state index in [0.29, 0.717) is 54.9 Å². The number of halogens is 1. The number of amides is 2. The molecule has 0 unspecified atom stereocenters. The lowest BCUT2D eigenvalue weighted by molar-refractivity contribution is -0.131. The summed E-state index contributed by atoms with van der Waals surface area (Å²) in [7, 11) is 1.60. The van der Waals surface area contributed by atoms with E-state index in [0.717, 1.165) is 18.8 Å². The molecule has 31 heavy (non-hydrogen) atoms. The van der Waals surface area contributed by atoms with Crippen molar-refractivity contribution in [2.24, 2.45) is 0 Å². The van der Waals surface area contributed by atoms with Gasteiger partial charge in [0, 0.05) is 63.5 Å². The zero-order valence-electron chi connectivity index (χ0n) is 18.4. The van der Waals surface area contributed by atoms with Crippen molar-refractivity contribution in [2.45, 2.75) is 20.3 Å². The number of anilines is 1. The van der Waals surface area contributed by atoms with Crippen molar-refractivity contribution in [1.29, 1.82) is 0 Å². The highest BCUT2D eigenvalue weighted by atomic mass is 35.5. The van der Waals surface area contributed by atoms with Crippen molar-refractivity contribution < 1.29 is 18.7 Å². The fourth-order valence-corrected chi connectivity index (χ4v) is 3.99. The number of benzene rings is 1. The summed E-state index contributed by atoms with van der Waals surface area (Å²) in [5.74, 6) is 1.21. The molecule has 7 nitrogen and oxygen atoms in total. The minimum Gasteiger partial charge on any atom is -0.466 e. The monoisotopic (exact) mass is 447 g/mol. The molecule has 1 aromatic carbocycles. The van der Waals surface area contributed by atoms with Crippen LogP contribution in [0.15, 0.2) is 34.7 Å². The van der Waals surface area contributed by atoms with Gasteiger partial charge in [0.1, 0.15) is 11.5 Å². The molecule has 0 spiro atoms. The van der Waals surface area contributed by atoms with Gasteiger partial charge in [0.2, 0.25) is 5.91 Å². The Labute approximate surface area is 188 Å². The Balaban J connectivity index is 1.55. The molecule has 0 aliphatic carbocycles. The van der Waals surface area contributed by atoms with Gasteiger partial charge >= 0.3 is 0 Å². The normalized spacial score (nSPS) is 14.1. The minimum absolute atomic E-state index is 0.0565. The molecule has 168 valence electrons. The smallest absolute Gasteiger partial charge is 0.257 e. The average molecular weight is 448 g/mol. The maximum absolute atomic E-state index is 13.0. The number of furan rings is 1. The highest BCUT2D eigenvalue weighted by Gasteiger charge is 2.24. The van der Waals surface area contributed by atoms with Crippen LogP contribution in [0.2, 0.25) is 5.02 Å². The van der Waals surface area contributed by atoms with Crippen LogP contribution in [0.25, 0.3) is 0 Å². The number of carbonyl (C=O) groups is 2. The molecule has 1 aromatic heterocycles. The third kappa shape index (κ3) is 6.02. The van der Waals surface area contributed by atoms with E-state index in [1.54, 1.807) is 25.0 Å². The molecule has 0 N–H and O–H groups in total. The Hall–Kier alpha value is -2.51. The quantitative estimate of drug-likeness (QED) is 0.620. The van der Waals surface area contributed by atoms with E-state index in [4.69, 9.17) is 20.8 Å². The van der Waals surface area contributed by atoms with Crippen LogP contribution >= 0.6 is 11.6 Å². The first-order chi connectivity index (χ1) is 14.9. The van der Waals surface area contributed by atoms with Crippen LogP contribution in [0.3, 0.4) is 0 Å². The molecule has 0 bridgehead atoms. The summed E-state index contributed by atoms with van der Waals surface area (Å²) in [6.45, 7) is 7.59. The van der Waals surface area contributed by atoms with Crippen molar-refractivity contribution in [3.8, 4) is 0 Å². The van der Waals surface area contributed by atoms with E-state index < -0.39 is 0 Å². The molecular formula is C23H30ClN3O4. The lowest BCUT2D eigenvalue weighted by Crippen LogP contribution is -2.49. The number of hydrogen-bond donors (Lipinski definition) is 0. The van der Waals surface area contributed by atoms with Crippen molar-refractivity contribution in [3.63, 3.8) is 0 Å². The summed E-state index contributed by atoms with van der Waals surface area (Å²) in [5, 5.41) is 0.708. The maximum Gasteiger partial charge on any atom is 0.257 e. The largest absolute Gasteiger partial charge is 0.466 e. The van der Waals surface area contributed by atoms with Crippen molar-refractivity contribution in [1.82, 2.24) is 9.80 Å². The fraction of sp³-hybridized carbons (Fsp3) is 0.478. The van der Waals surface area contributed by atoms with Gasteiger partial charge in [-0.3, -0.25) is 9.59 Å². The van der Waals surface area contributed by atoms with Gasteiger partial charge < -0.3 is 23.9 Å². The van der Waals surface area contributed by atoms with E-state index in [9.17, 15) is 9.59 Å². The summed E-state index contributed by atoms with van der Waals surface area (Å²) >= 11 is 6.09. The van der Waals surface area contributed by atoms with Gasteiger partial charge in [0.15, 0.2) is 0 Å². The Morgan fingerprint density at radius 1 is 1.13 bits per heavy atom. The second-order valence-electron chi connectivity index (χ2n) is 7.71. The van der Waals surface area contributed by atoms with E-state index in [2.05, 4.69) is 4.90 Å². The van der Waals surface area contributed by atoms with E-state index >= 15 is 0 Å². The van der Waals surface area contributed by atoms with Crippen LogP contribution in [-0.4, -0.2) is 74.6 Å². The third-order valence-electron chi connectivity index (χ3n) is 5.53. The highest BCUT2D eigenvalue weighted by Crippen LogP contribution is 2.21. The molecular weight excluding hydrogens is 418 g/mol. The molecule has 2 aromatic rings. The van der Waals surface area contributed by atoms with E-state index in [1.165, 1.54) is 0 Å². The predicted molar refractivity (Wildman–Crippen MR) is 121 cm³/mol. The highest BCUT2D eigenvalue weighted by molar-refractivity contribution is 6.30. The van der Waals surface area contributed by atoms with Gasteiger partial charge in [0.25, 0.3) is 5.91 Å². The van der Waals surface area contributed by atoms with Gasteiger partial charge in [0.05, 0.1) is 12.2 Å². The number of rotatable bonds is 8. The molecule has 1 saturated heterocycles. The molecule has 2 heterocycles. The number of carbonyl (C=O) groups excluding carboxylic acids is 2. The summed E-state index contributed by atoms with van der Waals surface area (Å²) in [6, 6.07) is 9.51. The van der Waals surface area contributed by atoms with Gasteiger partial charge in [-0.25, -0.2) is 0 Å². The minimum atomic E-state index is -0.134. The van der Waals surface area contributed by atoms with Gasteiger partial charge in [-0.1, -0.05) is 17.7 Å². The van der Waals surface area contributed by atoms with Crippen molar-refractivity contribution >= 4 is 29.1 Å². The Bertz CT molecular complexity index is 906. The molecule has 0 radical (unpaired) electrons. The van der Waals surface area contributed by atoms with Gasteiger partial charge in [-0.2, -0.15) is 0 Å². The molecule has 0 atom stereocenters. The Morgan fingerprint density at radius 3 is 2.48 bits per heavy atom. The van der Waals surface area contributed by atoms with Gasteiger partial charge in [-0.05, 0) is 38.1 Å². The third-order valence-corrected chi connectivity index (χ3v) is 5.76. The van der Waals surface area contributed by atoms with Crippen LogP contribution in [0.4, 0.5) is 5.69 Å². The Morgan fingerprint density at radius 2 is 1.87 bits per heavy atom. The number of hydrogen-bond acceptors (Lipinski definition) is 5. The number of piperazine rings is 1. The van der Waals surface area contributed by atoms with Crippen LogP contribution < -0.4 is 4.90 Å². The molecule has 3 rings (SSSR count). The van der Waals surface area contributed by atoms with Crippen LogP contribution in [-0.2, 0) is 9.53 Å². The zero-order valence-corrected chi connectivity index (χ0v) is 19.2. The van der Waals surface area contributed by atoms with Crippen LogP contribution in [0.5, 0.6) is 0 Å². The fourth-order valence-electron chi connectivity index (χ4n) is 3.81. The molecule has 1 fully saturated rings.